The highest BCUT2D eigenvalue weighted by atomic mass is 19.4. The lowest BCUT2D eigenvalue weighted by atomic mass is 10.2. The third-order valence-corrected chi connectivity index (χ3v) is 3.39. The van der Waals surface area contributed by atoms with Crippen molar-refractivity contribution in [1.29, 1.82) is 0 Å². The molecule has 1 amide bonds. The highest BCUT2D eigenvalue weighted by Crippen LogP contribution is 2.25. The normalized spacial score (nSPS) is 19.7. The lowest BCUT2D eigenvalue weighted by Gasteiger charge is -2.18. The van der Waals surface area contributed by atoms with E-state index in [9.17, 15) is 22.8 Å². The minimum Gasteiger partial charge on any atom is -0.332 e. The molecule has 0 radical (unpaired) electrons. The monoisotopic (exact) mass is 300 g/mol. The number of pyridine rings is 1. The fraction of sp³-hybridized carbons (Fsp3) is 0.417. The minimum atomic E-state index is -4.45. The van der Waals surface area contributed by atoms with Crippen LogP contribution in [0.2, 0.25) is 0 Å². The molecule has 3 rings (SSSR count). The van der Waals surface area contributed by atoms with Gasteiger partial charge < -0.3 is 4.90 Å². The van der Waals surface area contributed by atoms with E-state index in [4.69, 9.17) is 0 Å². The third-order valence-electron chi connectivity index (χ3n) is 3.39. The number of halogens is 3. The largest absolute Gasteiger partial charge is 0.406 e. The number of carbonyl (C=O) groups excluding carboxylic acids is 1. The molecule has 9 heteroatoms. The first-order valence-electron chi connectivity index (χ1n) is 6.28. The summed E-state index contributed by atoms with van der Waals surface area (Å²) in [4.78, 5) is 24.9. The van der Waals surface area contributed by atoms with Crippen molar-refractivity contribution >= 4 is 11.6 Å². The molecule has 0 spiro atoms. The van der Waals surface area contributed by atoms with Crippen LogP contribution in [0.5, 0.6) is 0 Å². The van der Waals surface area contributed by atoms with Crippen LogP contribution in [0.4, 0.5) is 13.2 Å². The van der Waals surface area contributed by atoms with Crippen molar-refractivity contribution in [3.05, 3.63) is 34.9 Å². The zero-order chi connectivity index (χ0) is 15.2. The first kappa shape index (κ1) is 13.7. The lowest BCUT2D eigenvalue weighted by Crippen LogP contribution is -2.38. The Bertz CT molecular complexity index is 749. The standard InChI is InChI=1S/C12H11F3N4O2/c13-12(14,15)7-17-6-4-8(10(17)20)19-11(21)18-5-2-1-3-9(18)16-19/h1-3,5,8H,4,6-7H2. The van der Waals surface area contributed by atoms with E-state index >= 15 is 0 Å². The van der Waals surface area contributed by atoms with Crippen LogP contribution in [0, 0.1) is 0 Å². The Balaban J connectivity index is 1.92. The SMILES string of the molecule is O=C1C(n2nc3ccccn3c2=O)CCN1CC(F)(F)F. The molecule has 2 aromatic rings. The van der Waals surface area contributed by atoms with E-state index in [1.807, 2.05) is 0 Å². The molecule has 1 unspecified atom stereocenters. The predicted molar refractivity (Wildman–Crippen MR) is 65.7 cm³/mol. The number of likely N-dealkylation sites (tertiary alicyclic amines) is 1. The van der Waals surface area contributed by atoms with Gasteiger partial charge >= 0.3 is 11.9 Å². The van der Waals surface area contributed by atoms with Gasteiger partial charge in [-0.3, -0.25) is 9.20 Å². The summed E-state index contributed by atoms with van der Waals surface area (Å²) in [5, 5.41) is 4.01. The number of nitrogens with zero attached hydrogens (tertiary/aromatic N) is 4. The van der Waals surface area contributed by atoms with Gasteiger partial charge in [-0.25, -0.2) is 4.79 Å². The molecule has 1 aliphatic heterocycles. The molecule has 0 aromatic carbocycles. The lowest BCUT2D eigenvalue weighted by molar-refractivity contribution is -0.158. The molecule has 2 aromatic heterocycles. The maximum Gasteiger partial charge on any atom is 0.406 e. The Morgan fingerprint density at radius 3 is 2.71 bits per heavy atom. The zero-order valence-corrected chi connectivity index (χ0v) is 10.7. The summed E-state index contributed by atoms with van der Waals surface area (Å²) in [5.74, 6) is -0.724. The summed E-state index contributed by atoms with van der Waals surface area (Å²) < 4.78 is 39.3. The molecule has 0 saturated carbocycles. The molecule has 3 heterocycles. The smallest absolute Gasteiger partial charge is 0.332 e. The fourth-order valence-corrected chi connectivity index (χ4v) is 2.47. The first-order chi connectivity index (χ1) is 9.87. The van der Waals surface area contributed by atoms with Crippen molar-refractivity contribution in [2.24, 2.45) is 0 Å². The third kappa shape index (κ3) is 2.39. The van der Waals surface area contributed by atoms with Crippen LogP contribution in [0.25, 0.3) is 5.65 Å². The first-order valence-corrected chi connectivity index (χ1v) is 6.28. The van der Waals surface area contributed by atoms with Gasteiger partial charge in [0.1, 0.15) is 12.6 Å². The summed E-state index contributed by atoms with van der Waals surface area (Å²) in [6, 6.07) is 3.93. The number of alkyl halides is 3. The van der Waals surface area contributed by atoms with Crippen LogP contribution >= 0.6 is 0 Å². The Morgan fingerprint density at radius 2 is 2.05 bits per heavy atom. The van der Waals surface area contributed by atoms with Gasteiger partial charge in [0.15, 0.2) is 5.65 Å². The van der Waals surface area contributed by atoms with Crippen molar-refractivity contribution in [3.8, 4) is 0 Å². The van der Waals surface area contributed by atoms with Crippen LogP contribution in [-0.2, 0) is 4.79 Å². The highest BCUT2D eigenvalue weighted by molar-refractivity contribution is 5.82. The predicted octanol–water partition coefficient (Wildman–Crippen LogP) is 0.832. The summed E-state index contributed by atoms with van der Waals surface area (Å²) in [6.45, 7) is -1.34. The van der Waals surface area contributed by atoms with Crippen LogP contribution in [0.3, 0.4) is 0 Å². The van der Waals surface area contributed by atoms with E-state index in [1.165, 1.54) is 10.6 Å². The van der Waals surface area contributed by atoms with Crippen LogP contribution < -0.4 is 5.69 Å². The van der Waals surface area contributed by atoms with Gasteiger partial charge in [0.05, 0.1) is 0 Å². The summed E-state index contributed by atoms with van der Waals surface area (Å²) in [5.41, 5.74) is -0.178. The van der Waals surface area contributed by atoms with E-state index in [0.29, 0.717) is 10.5 Å². The van der Waals surface area contributed by atoms with Gasteiger partial charge in [0.25, 0.3) is 0 Å². The molecular weight excluding hydrogens is 289 g/mol. The van der Waals surface area contributed by atoms with Gasteiger partial charge in [0, 0.05) is 12.7 Å². The second kappa shape index (κ2) is 4.61. The fourth-order valence-electron chi connectivity index (χ4n) is 2.47. The van der Waals surface area contributed by atoms with E-state index in [-0.39, 0.29) is 13.0 Å². The number of hydrogen-bond acceptors (Lipinski definition) is 3. The number of aromatic nitrogens is 3. The molecule has 112 valence electrons. The van der Waals surface area contributed by atoms with E-state index in [2.05, 4.69) is 5.10 Å². The molecule has 0 bridgehead atoms. The Morgan fingerprint density at radius 1 is 1.29 bits per heavy atom. The van der Waals surface area contributed by atoms with Crippen LogP contribution in [0.15, 0.2) is 29.2 Å². The molecule has 0 N–H and O–H groups in total. The van der Waals surface area contributed by atoms with Crippen molar-refractivity contribution in [3.63, 3.8) is 0 Å². The molecular formula is C12H11F3N4O2. The number of rotatable bonds is 2. The minimum absolute atomic E-state index is 0.0384. The maximum absolute atomic E-state index is 12.4. The second-order valence-electron chi connectivity index (χ2n) is 4.84. The van der Waals surface area contributed by atoms with Gasteiger partial charge in [-0.1, -0.05) is 6.07 Å². The summed E-state index contributed by atoms with van der Waals surface area (Å²) in [6.07, 6.45) is -2.82. The average molecular weight is 300 g/mol. The molecule has 1 saturated heterocycles. The average Bonchev–Trinajstić information content (AvgIpc) is 2.91. The second-order valence-corrected chi connectivity index (χ2v) is 4.84. The molecule has 1 aliphatic rings. The van der Waals surface area contributed by atoms with Gasteiger partial charge in [-0.05, 0) is 18.6 Å². The molecule has 6 nitrogen and oxygen atoms in total. The van der Waals surface area contributed by atoms with Crippen LogP contribution in [-0.4, -0.2) is 44.3 Å². The van der Waals surface area contributed by atoms with Gasteiger partial charge in [0.2, 0.25) is 5.91 Å². The van der Waals surface area contributed by atoms with Crippen molar-refractivity contribution in [2.45, 2.75) is 18.6 Å². The maximum atomic E-state index is 12.4. The molecule has 1 fully saturated rings. The van der Waals surface area contributed by atoms with E-state index in [1.54, 1.807) is 18.2 Å². The zero-order valence-electron chi connectivity index (χ0n) is 10.7. The van der Waals surface area contributed by atoms with Crippen LogP contribution in [0.1, 0.15) is 12.5 Å². The number of amides is 1. The molecule has 21 heavy (non-hydrogen) atoms. The Hall–Kier alpha value is -2.32. The quantitative estimate of drug-likeness (QED) is 0.825. The van der Waals surface area contributed by atoms with Crippen molar-refractivity contribution in [2.75, 3.05) is 13.1 Å². The van der Waals surface area contributed by atoms with E-state index in [0.717, 1.165) is 4.68 Å². The molecule has 1 atom stereocenters. The van der Waals surface area contributed by atoms with Crippen molar-refractivity contribution < 1.29 is 18.0 Å². The Labute approximate surface area is 116 Å². The number of fused-ring (bicyclic) bond motifs is 1. The highest BCUT2D eigenvalue weighted by Gasteiger charge is 2.41. The summed E-state index contributed by atoms with van der Waals surface area (Å²) in [7, 11) is 0. The van der Waals surface area contributed by atoms with Gasteiger partial charge in [-0.2, -0.15) is 17.9 Å². The molecule has 0 aliphatic carbocycles. The van der Waals surface area contributed by atoms with Gasteiger partial charge in [-0.15, -0.1) is 5.10 Å². The number of carbonyl (C=O) groups is 1. The topological polar surface area (TPSA) is 59.6 Å². The van der Waals surface area contributed by atoms with E-state index < -0.39 is 30.4 Å². The number of hydrogen-bond donors (Lipinski definition) is 0. The van der Waals surface area contributed by atoms with Crippen molar-refractivity contribution in [1.82, 2.24) is 19.1 Å². The summed E-state index contributed by atoms with van der Waals surface area (Å²) >= 11 is 0. The Kier molecular flexibility index (Phi) is 2.99.